The number of benzene rings is 3. The molecule has 2 heterocycles. The summed E-state index contributed by atoms with van der Waals surface area (Å²) in [6.45, 7) is 1.79. The number of nitrogens with zero attached hydrogens (tertiary/aromatic N) is 2. The van der Waals surface area contributed by atoms with Crippen molar-refractivity contribution in [2.45, 2.75) is 6.92 Å². The van der Waals surface area contributed by atoms with Gasteiger partial charge in [0.25, 0.3) is 11.8 Å². The molecule has 2 amide bonds. The molecule has 2 N–H and O–H groups in total. The number of hydrogen-bond donors (Lipinski definition) is 2. The van der Waals surface area contributed by atoms with Gasteiger partial charge in [-0.3, -0.25) is 19.5 Å². The molecule has 7 heteroatoms. The number of hydrazine groups is 1. The van der Waals surface area contributed by atoms with Crippen molar-refractivity contribution in [3.63, 3.8) is 0 Å². The van der Waals surface area contributed by atoms with Gasteiger partial charge in [0.15, 0.2) is 0 Å². The molecular formula is C25H19FN4O2. The van der Waals surface area contributed by atoms with Crippen LogP contribution in [-0.4, -0.2) is 11.8 Å². The smallest absolute Gasteiger partial charge is 0.262 e. The highest BCUT2D eigenvalue weighted by Crippen LogP contribution is 2.37. The molecule has 32 heavy (non-hydrogen) atoms. The van der Waals surface area contributed by atoms with E-state index in [2.05, 4.69) is 10.7 Å². The summed E-state index contributed by atoms with van der Waals surface area (Å²) in [6.07, 6.45) is 5.47. The highest BCUT2D eigenvalue weighted by Gasteiger charge is 2.29. The Labute approximate surface area is 184 Å². The molecule has 0 aromatic heterocycles. The molecule has 0 saturated carbocycles. The van der Waals surface area contributed by atoms with Crippen molar-refractivity contribution in [2.24, 2.45) is 0 Å². The monoisotopic (exact) mass is 426 g/mol. The first-order chi connectivity index (χ1) is 15.5. The Bertz CT molecular complexity index is 1300. The third-order valence-electron chi connectivity index (χ3n) is 5.33. The second-order valence-electron chi connectivity index (χ2n) is 7.53. The fourth-order valence-electron chi connectivity index (χ4n) is 3.73. The van der Waals surface area contributed by atoms with E-state index in [4.69, 9.17) is 0 Å². The first-order valence-corrected chi connectivity index (χ1v) is 10.1. The number of carbonyl (C=O) groups is 2. The van der Waals surface area contributed by atoms with E-state index in [-0.39, 0.29) is 11.5 Å². The van der Waals surface area contributed by atoms with E-state index in [1.165, 1.54) is 12.1 Å². The Balaban J connectivity index is 1.38. The van der Waals surface area contributed by atoms with Gasteiger partial charge in [0.05, 0.1) is 22.6 Å². The predicted octanol–water partition coefficient (Wildman–Crippen LogP) is 4.73. The van der Waals surface area contributed by atoms with Crippen molar-refractivity contribution < 1.29 is 14.0 Å². The van der Waals surface area contributed by atoms with Gasteiger partial charge < -0.3 is 10.7 Å². The van der Waals surface area contributed by atoms with Crippen LogP contribution < -0.4 is 20.7 Å². The molecule has 0 bridgehead atoms. The van der Waals surface area contributed by atoms with E-state index in [1.807, 2.05) is 41.6 Å². The molecule has 0 saturated heterocycles. The zero-order valence-corrected chi connectivity index (χ0v) is 17.2. The van der Waals surface area contributed by atoms with E-state index in [0.29, 0.717) is 11.3 Å². The van der Waals surface area contributed by atoms with Gasteiger partial charge in [-0.15, -0.1) is 0 Å². The van der Waals surface area contributed by atoms with Crippen LogP contribution in [0.4, 0.5) is 21.5 Å². The fraction of sp³-hybridized carbons (Fsp3) is 0.0400. The SMILES string of the molecule is Cc1ccc(F)c(C(=O)Nc2ccc(C(=O)N3C=C4C=CNN4c4ccccc43)cc2)c1. The van der Waals surface area contributed by atoms with Crippen LogP contribution in [0.5, 0.6) is 0 Å². The number of hydrogen-bond acceptors (Lipinski definition) is 4. The molecule has 0 atom stereocenters. The number of rotatable bonds is 3. The number of allylic oxidation sites excluding steroid dienone is 1. The van der Waals surface area contributed by atoms with Gasteiger partial charge in [0.2, 0.25) is 0 Å². The summed E-state index contributed by atoms with van der Waals surface area (Å²) < 4.78 is 14.0. The highest BCUT2D eigenvalue weighted by atomic mass is 19.1. The largest absolute Gasteiger partial charge is 0.322 e. The average Bonchev–Trinajstić information content (AvgIpc) is 3.29. The number of carbonyl (C=O) groups excluding carboxylic acids is 2. The normalized spacial score (nSPS) is 13.8. The van der Waals surface area contributed by atoms with E-state index in [1.54, 1.807) is 48.4 Å². The van der Waals surface area contributed by atoms with Crippen molar-refractivity contribution in [1.29, 1.82) is 0 Å². The van der Waals surface area contributed by atoms with Crippen molar-refractivity contribution in [3.8, 4) is 0 Å². The molecule has 158 valence electrons. The van der Waals surface area contributed by atoms with Crippen LogP contribution in [0.2, 0.25) is 0 Å². The molecule has 3 aromatic rings. The van der Waals surface area contributed by atoms with Crippen molar-refractivity contribution >= 4 is 28.9 Å². The number of para-hydroxylation sites is 2. The second kappa shape index (κ2) is 7.70. The van der Waals surface area contributed by atoms with E-state index in [0.717, 1.165) is 22.6 Å². The number of nitrogens with one attached hydrogen (secondary N) is 2. The number of anilines is 3. The fourth-order valence-corrected chi connectivity index (χ4v) is 3.73. The van der Waals surface area contributed by atoms with Gasteiger partial charge in [-0.1, -0.05) is 23.8 Å². The zero-order chi connectivity index (χ0) is 22.2. The average molecular weight is 426 g/mol. The third-order valence-corrected chi connectivity index (χ3v) is 5.33. The Morgan fingerprint density at radius 1 is 0.969 bits per heavy atom. The standard InChI is InChI=1S/C25H19FN4O2/c1-16-6-11-21(26)20(14-16)24(31)28-18-9-7-17(8-10-18)25(32)29-15-19-12-13-27-30(19)23-5-3-2-4-22(23)29/h2-15,27H,1H3,(H,28,31). The molecule has 2 aliphatic heterocycles. The lowest BCUT2D eigenvalue weighted by atomic mass is 10.1. The van der Waals surface area contributed by atoms with Crippen LogP contribution in [0.3, 0.4) is 0 Å². The molecule has 5 rings (SSSR count). The Morgan fingerprint density at radius 2 is 1.72 bits per heavy atom. The summed E-state index contributed by atoms with van der Waals surface area (Å²) in [5.74, 6) is -1.32. The van der Waals surface area contributed by atoms with Gasteiger partial charge in [0.1, 0.15) is 5.82 Å². The lowest BCUT2D eigenvalue weighted by molar-refractivity contribution is 0.0995. The lowest BCUT2D eigenvalue weighted by Gasteiger charge is -2.33. The Kier molecular flexibility index (Phi) is 4.71. The van der Waals surface area contributed by atoms with Crippen LogP contribution in [0.25, 0.3) is 0 Å². The Hall–Kier alpha value is -4.39. The summed E-state index contributed by atoms with van der Waals surface area (Å²) in [5.41, 5.74) is 7.31. The summed E-state index contributed by atoms with van der Waals surface area (Å²) in [4.78, 5) is 27.3. The topological polar surface area (TPSA) is 64.7 Å². The molecule has 6 nitrogen and oxygen atoms in total. The maximum atomic E-state index is 14.0. The minimum absolute atomic E-state index is 0.0236. The second-order valence-corrected chi connectivity index (χ2v) is 7.53. The summed E-state index contributed by atoms with van der Waals surface area (Å²) in [7, 11) is 0. The maximum absolute atomic E-state index is 14.0. The van der Waals surface area contributed by atoms with E-state index in [9.17, 15) is 14.0 Å². The molecular weight excluding hydrogens is 407 g/mol. The molecule has 0 fully saturated rings. The van der Waals surface area contributed by atoms with Crippen LogP contribution in [0.15, 0.2) is 90.9 Å². The molecule has 0 unspecified atom stereocenters. The van der Waals surface area contributed by atoms with Gasteiger partial charge in [-0.2, -0.15) is 0 Å². The summed E-state index contributed by atoms with van der Waals surface area (Å²) >= 11 is 0. The Morgan fingerprint density at radius 3 is 2.50 bits per heavy atom. The molecule has 0 radical (unpaired) electrons. The summed E-state index contributed by atoms with van der Waals surface area (Å²) in [6, 6.07) is 18.5. The van der Waals surface area contributed by atoms with Crippen LogP contribution in [0.1, 0.15) is 26.3 Å². The van der Waals surface area contributed by atoms with Crippen LogP contribution in [-0.2, 0) is 0 Å². The van der Waals surface area contributed by atoms with Crippen LogP contribution >= 0.6 is 0 Å². The molecule has 3 aromatic carbocycles. The van der Waals surface area contributed by atoms with Gasteiger partial charge in [-0.25, -0.2) is 4.39 Å². The summed E-state index contributed by atoms with van der Waals surface area (Å²) in [5, 5.41) is 4.58. The molecule has 0 aliphatic carbocycles. The van der Waals surface area contributed by atoms with Gasteiger partial charge in [0, 0.05) is 23.7 Å². The van der Waals surface area contributed by atoms with Crippen LogP contribution in [0, 0.1) is 12.7 Å². The minimum atomic E-state index is -0.582. The number of amides is 2. The van der Waals surface area contributed by atoms with Gasteiger partial charge >= 0.3 is 0 Å². The predicted molar refractivity (Wildman–Crippen MR) is 122 cm³/mol. The van der Waals surface area contributed by atoms with E-state index < -0.39 is 11.7 Å². The van der Waals surface area contributed by atoms with Gasteiger partial charge in [-0.05, 0) is 61.5 Å². The number of halogens is 1. The number of aryl methyl sites for hydroxylation is 1. The van der Waals surface area contributed by atoms with Crippen molar-refractivity contribution in [3.05, 3.63) is 113 Å². The lowest BCUT2D eigenvalue weighted by Crippen LogP contribution is -2.37. The maximum Gasteiger partial charge on any atom is 0.262 e. The minimum Gasteiger partial charge on any atom is -0.322 e. The third kappa shape index (κ3) is 3.39. The highest BCUT2D eigenvalue weighted by molar-refractivity contribution is 6.10. The quantitative estimate of drug-likeness (QED) is 0.636. The van der Waals surface area contributed by atoms with Crippen molar-refractivity contribution in [2.75, 3.05) is 15.2 Å². The van der Waals surface area contributed by atoms with E-state index >= 15 is 0 Å². The first kappa shape index (κ1) is 19.6. The molecule has 2 aliphatic rings. The zero-order valence-electron chi connectivity index (χ0n) is 17.2. The number of fused-ring (bicyclic) bond motifs is 3. The molecule has 0 spiro atoms. The van der Waals surface area contributed by atoms with Crippen molar-refractivity contribution in [1.82, 2.24) is 5.43 Å². The first-order valence-electron chi connectivity index (χ1n) is 10.1.